The molecule has 0 amide bonds. The number of hydrogen-bond donors (Lipinski definition) is 0. The number of halogens is 1. The summed E-state index contributed by atoms with van der Waals surface area (Å²) in [4.78, 5) is 22.5. The Bertz CT molecular complexity index is 998. The van der Waals surface area contributed by atoms with Crippen LogP contribution in [0.5, 0.6) is 11.5 Å². The molecule has 0 heterocycles. The van der Waals surface area contributed by atoms with Crippen LogP contribution in [0.3, 0.4) is 0 Å². The fourth-order valence-electron chi connectivity index (χ4n) is 2.96. The lowest BCUT2D eigenvalue weighted by atomic mass is 9.87. The van der Waals surface area contributed by atoms with E-state index in [0.29, 0.717) is 17.9 Å². The van der Waals surface area contributed by atoms with Crippen molar-refractivity contribution in [3.63, 3.8) is 0 Å². The Labute approximate surface area is 168 Å². The molecule has 0 saturated heterocycles. The SMILES string of the molecule is C=CC(=O)Oc1ccc(C2=CCC(c3ccc(OC(=O)C=C)cc3)C(F)=C2)cc1. The summed E-state index contributed by atoms with van der Waals surface area (Å²) in [7, 11) is 0. The van der Waals surface area contributed by atoms with Crippen LogP contribution in [-0.2, 0) is 9.59 Å². The summed E-state index contributed by atoms with van der Waals surface area (Å²) < 4.78 is 24.8. The third kappa shape index (κ3) is 4.96. The van der Waals surface area contributed by atoms with E-state index in [1.807, 2.05) is 6.08 Å². The van der Waals surface area contributed by atoms with Crippen LogP contribution >= 0.6 is 0 Å². The molecular weight excluding hydrogens is 371 g/mol. The first kappa shape index (κ1) is 20.0. The second-order valence-corrected chi connectivity index (χ2v) is 6.32. The van der Waals surface area contributed by atoms with Crippen LogP contribution in [0.2, 0.25) is 0 Å². The zero-order valence-corrected chi connectivity index (χ0v) is 15.6. The van der Waals surface area contributed by atoms with E-state index in [9.17, 15) is 14.0 Å². The summed E-state index contributed by atoms with van der Waals surface area (Å²) in [6.45, 7) is 6.70. The summed E-state index contributed by atoms with van der Waals surface area (Å²) in [6, 6.07) is 13.6. The lowest BCUT2D eigenvalue weighted by Crippen LogP contribution is -2.05. The van der Waals surface area contributed by atoms with Crippen molar-refractivity contribution >= 4 is 17.5 Å². The number of carbonyl (C=O) groups is 2. The van der Waals surface area contributed by atoms with Crippen LogP contribution in [0.4, 0.5) is 4.39 Å². The molecular formula is C24H19FO4. The van der Waals surface area contributed by atoms with Gasteiger partial charge in [0, 0.05) is 18.1 Å². The molecule has 0 aromatic heterocycles. The Morgan fingerprint density at radius 1 is 0.897 bits per heavy atom. The zero-order valence-electron chi connectivity index (χ0n) is 15.6. The van der Waals surface area contributed by atoms with Crippen LogP contribution in [0.25, 0.3) is 5.57 Å². The number of ether oxygens (including phenoxy) is 2. The number of benzene rings is 2. The molecule has 0 saturated carbocycles. The maximum atomic E-state index is 14.8. The second kappa shape index (κ2) is 8.97. The van der Waals surface area contributed by atoms with Crippen LogP contribution in [0, 0.1) is 0 Å². The van der Waals surface area contributed by atoms with E-state index in [2.05, 4.69) is 13.2 Å². The van der Waals surface area contributed by atoms with E-state index in [-0.39, 0.29) is 5.83 Å². The number of rotatable bonds is 6. The van der Waals surface area contributed by atoms with E-state index in [0.717, 1.165) is 28.9 Å². The lowest BCUT2D eigenvalue weighted by Gasteiger charge is -2.19. The average Bonchev–Trinajstić information content (AvgIpc) is 2.74. The summed E-state index contributed by atoms with van der Waals surface area (Å²) in [5.74, 6) is -0.939. The van der Waals surface area contributed by atoms with Crippen molar-refractivity contribution in [2.75, 3.05) is 0 Å². The molecule has 0 spiro atoms. The largest absolute Gasteiger partial charge is 0.423 e. The zero-order chi connectivity index (χ0) is 20.8. The molecule has 0 radical (unpaired) electrons. The molecule has 1 atom stereocenters. The second-order valence-electron chi connectivity index (χ2n) is 6.32. The smallest absolute Gasteiger partial charge is 0.335 e. The van der Waals surface area contributed by atoms with E-state index < -0.39 is 17.9 Å². The predicted molar refractivity (Wildman–Crippen MR) is 109 cm³/mol. The Kier molecular flexibility index (Phi) is 6.19. The maximum Gasteiger partial charge on any atom is 0.335 e. The first-order valence-electron chi connectivity index (χ1n) is 8.96. The molecule has 3 rings (SSSR count). The molecule has 0 bridgehead atoms. The Hall–Kier alpha value is -3.73. The fourth-order valence-corrected chi connectivity index (χ4v) is 2.96. The van der Waals surface area contributed by atoms with Gasteiger partial charge in [-0.1, -0.05) is 43.5 Å². The molecule has 5 heteroatoms. The van der Waals surface area contributed by atoms with Gasteiger partial charge in [-0.15, -0.1) is 0 Å². The number of allylic oxidation sites excluding steroid dienone is 4. The molecule has 0 N–H and O–H groups in total. The molecule has 0 aliphatic heterocycles. The molecule has 2 aromatic carbocycles. The normalized spacial score (nSPS) is 15.6. The minimum atomic E-state index is -0.542. The summed E-state index contributed by atoms with van der Waals surface area (Å²) in [5.41, 5.74) is 2.37. The van der Waals surface area contributed by atoms with Crippen LogP contribution in [0.15, 0.2) is 91.8 Å². The third-order valence-electron chi connectivity index (χ3n) is 4.44. The highest BCUT2D eigenvalue weighted by Gasteiger charge is 2.21. The van der Waals surface area contributed by atoms with Crippen LogP contribution < -0.4 is 9.47 Å². The molecule has 29 heavy (non-hydrogen) atoms. The lowest BCUT2D eigenvalue weighted by molar-refractivity contribution is -0.129. The molecule has 1 unspecified atom stereocenters. The maximum absolute atomic E-state index is 14.8. The van der Waals surface area contributed by atoms with Crippen molar-refractivity contribution in [3.05, 3.63) is 103 Å². The van der Waals surface area contributed by atoms with Crippen molar-refractivity contribution in [2.24, 2.45) is 0 Å². The van der Waals surface area contributed by atoms with E-state index in [1.165, 1.54) is 6.08 Å². The molecule has 2 aromatic rings. The first-order valence-corrected chi connectivity index (χ1v) is 8.96. The molecule has 1 aliphatic carbocycles. The monoisotopic (exact) mass is 390 g/mol. The van der Waals surface area contributed by atoms with Gasteiger partial charge in [0.1, 0.15) is 17.3 Å². The summed E-state index contributed by atoms with van der Waals surface area (Å²) >= 11 is 0. The van der Waals surface area contributed by atoms with E-state index >= 15 is 0 Å². The van der Waals surface area contributed by atoms with E-state index in [1.54, 1.807) is 48.5 Å². The van der Waals surface area contributed by atoms with Crippen molar-refractivity contribution in [1.82, 2.24) is 0 Å². The van der Waals surface area contributed by atoms with Gasteiger partial charge in [-0.05, 0) is 53.5 Å². The summed E-state index contributed by atoms with van der Waals surface area (Å²) in [6.07, 6.45) is 6.14. The van der Waals surface area contributed by atoms with Gasteiger partial charge < -0.3 is 9.47 Å². The number of hydrogen-bond acceptors (Lipinski definition) is 4. The highest BCUT2D eigenvalue weighted by atomic mass is 19.1. The van der Waals surface area contributed by atoms with Gasteiger partial charge in [-0.25, -0.2) is 14.0 Å². The Morgan fingerprint density at radius 3 is 1.90 bits per heavy atom. The molecule has 146 valence electrons. The average molecular weight is 390 g/mol. The van der Waals surface area contributed by atoms with Gasteiger partial charge in [0.05, 0.1) is 0 Å². The van der Waals surface area contributed by atoms with Gasteiger partial charge in [0.25, 0.3) is 0 Å². The van der Waals surface area contributed by atoms with Gasteiger partial charge in [0.2, 0.25) is 0 Å². The molecule has 0 fully saturated rings. The van der Waals surface area contributed by atoms with Crippen LogP contribution in [0.1, 0.15) is 23.5 Å². The van der Waals surface area contributed by atoms with Crippen LogP contribution in [-0.4, -0.2) is 11.9 Å². The minimum absolute atomic E-state index is 0.250. The van der Waals surface area contributed by atoms with Gasteiger partial charge in [0.15, 0.2) is 0 Å². The van der Waals surface area contributed by atoms with Gasteiger partial charge >= 0.3 is 11.9 Å². The Balaban J connectivity index is 1.70. The molecule has 4 nitrogen and oxygen atoms in total. The predicted octanol–water partition coefficient (Wildman–Crippen LogP) is 5.29. The quantitative estimate of drug-likeness (QED) is 0.382. The standard InChI is InChI=1S/C24H19FO4/c1-3-23(26)28-19-10-5-16(6-11-19)18-9-14-21(22(25)15-18)17-7-12-20(13-8-17)29-24(27)4-2/h3-13,15,21H,1-2,14H2. The minimum Gasteiger partial charge on any atom is -0.423 e. The number of carbonyl (C=O) groups excluding carboxylic acids is 2. The highest BCUT2D eigenvalue weighted by Crippen LogP contribution is 2.37. The topological polar surface area (TPSA) is 52.6 Å². The third-order valence-corrected chi connectivity index (χ3v) is 4.44. The summed E-state index contributed by atoms with van der Waals surface area (Å²) in [5, 5.41) is 0. The van der Waals surface area contributed by atoms with Crippen molar-refractivity contribution in [1.29, 1.82) is 0 Å². The van der Waals surface area contributed by atoms with Gasteiger partial charge in [-0.2, -0.15) is 0 Å². The number of esters is 2. The highest BCUT2D eigenvalue weighted by molar-refractivity contribution is 5.84. The van der Waals surface area contributed by atoms with Crippen molar-refractivity contribution in [3.8, 4) is 11.5 Å². The van der Waals surface area contributed by atoms with Gasteiger partial charge in [-0.3, -0.25) is 0 Å². The van der Waals surface area contributed by atoms with E-state index in [4.69, 9.17) is 9.47 Å². The van der Waals surface area contributed by atoms with Crippen molar-refractivity contribution in [2.45, 2.75) is 12.3 Å². The van der Waals surface area contributed by atoms with Crippen molar-refractivity contribution < 1.29 is 23.5 Å². The Morgan fingerprint density at radius 2 is 1.41 bits per heavy atom. The molecule has 1 aliphatic rings. The fraction of sp³-hybridized carbons (Fsp3) is 0.0833. The first-order chi connectivity index (χ1) is 14.0.